The topological polar surface area (TPSA) is 66.4 Å². The van der Waals surface area contributed by atoms with Gasteiger partial charge >= 0.3 is 5.97 Å². The van der Waals surface area contributed by atoms with E-state index in [-0.39, 0.29) is 18.2 Å². The van der Waals surface area contributed by atoms with Crippen molar-refractivity contribution in [3.05, 3.63) is 27.7 Å². The standard InChI is InChI=1S/C14H17BrClNO3/c1-8(2)14(3,13(19)20)7-12(18)17-11-5-4-9(15)6-10(11)16/h4-6,8H,7H2,1-3H3,(H,17,18)(H,19,20). The van der Waals surface area contributed by atoms with E-state index in [9.17, 15) is 14.7 Å². The van der Waals surface area contributed by atoms with E-state index in [0.29, 0.717) is 10.7 Å². The summed E-state index contributed by atoms with van der Waals surface area (Å²) in [6.45, 7) is 5.14. The number of carbonyl (C=O) groups is 2. The third-order valence-corrected chi connectivity index (χ3v) is 4.30. The lowest BCUT2D eigenvalue weighted by Gasteiger charge is -2.28. The fraction of sp³-hybridized carbons (Fsp3) is 0.429. The normalized spacial score (nSPS) is 13.9. The van der Waals surface area contributed by atoms with Gasteiger partial charge in [-0.15, -0.1) is 0 Å². The zero-order chi connectivity index (χ0) is 15.5. The molecule has 0 saturated carbocycles. The van der Waals surface area contributed by atoms with Crippen LogP contribution in [0.3, 0.4) is 0 Å². The molecule has 0 aliphatic carbocycles. The number of carbonyl (C=O) groups excluding carboxylic acids is 1. The Morgan fingerprint density at radius 1 is 1.45 bits per heavy atom. The van der Waals surface area contributed by atoms with E-state index in [2.05, 4.69) is 21.2 Å². The number of halogens is 2. The Morgan fingerprint density at radius 3 is 2.50 bits per heavy atom. The van der Waals surface area contributed by atoms with E-state index in [0.717, 1.165) is 4.47 Å². The second-order valence-electron chi connectivity index (χ2n) is 5.23. The molecule has 20 heavy (non-hydrogen) atoms. The third-order valence-electron chi connectivity index (χ3n) is 3.50. The van der Waals surface area contributed by atoms with Crippen LogP contribution in [0.2, 0.25) is 5.02 Å². The highest BCUT2D eigenvalue weighted by Crippen LogP contribution is 2.32. The fourth-order valence-electron chi connectivity index (χ4n) is 1.65. The second kappa shape index (κ2) is 6.59. The average Bonchev–Trinajstić information content (AvgIpc) is 2.32. The van der Waals surface area contributed by atoms with Gasteiger partial charge in [0, 0.05) is 10.9 Å². The zero-order valence-corrected chi connectivity index (χ0v) is 13.9. The van der Waals surface area contributed by atoms with Gasteiger partial charge in [0.15, 0.2) is 0 Å². The van der Waals surface area contributed by atoms with Crippen LogP contribution in [0.15, 0.2) is 22.7 Å². The molecule has 0 aliphatic heterocycles. The van der Waals surface area contributed by atoms with Gasteiger partial charge in [-0.05, 0) is 31.0 Å². The van der Waals surface area contributed by atoms with Gasteiger partial charge in [-0.2, -0.15) is 0 Å². The van der Waals surface area contributed by atoms with Crippen LogP contribution in [0, 0.1) is 11.3 Å². The molecule has 1 rings (SSSR count). The van der Waals surface area contributed by atoms with Crippen LogP contribution in [0.5, 0.6) is 0 Å². The Morgan fingerprint density at radius 2 is 2.05 bits per heavy atom. The minimum atomic E-state index is -1.11. The van der Waals surface area contributed by atoms with Crippen LogP contribution >= 0.6 is 27.5 Å². The predicted molar refractivity (Wildman–Crippen MR) is 83.0 cm³/mol. The molecule has 0 saturated heterocycles. The van der Waals surface area contributed by atoms with Crippen molar-refractivity contribution < 1.29 is 14.7 Å². The number of carboxylic acid groups (broad SMARTS) is 1. The summed E-state index contributed by atoms with van der Waals surface area (Å²) in [5.74, 6) is -1.51. The summed E-state index contributed by atoms with van der Waals surface area (Å²) in [6, 6.07) is 5.08. The van der Waals surface area contributed by atoms with E-state index >= 15 is 0 Å². The predicted octanol–water partition coefficient (Wildman–Crippen LogP) is 4.18. The first-order valence-electron chi connectivity index (χ1n) is 6.15. The van der Waals surface area contributed by atoms with E-state index in [1.54, 1.807) is 39.0 Å². The molecule has 4 nitrogen and oxygen atoms in total. The molecule has 0 aliphatic rings. The summed E-state index contributed by atoms with van der Waals surface area (Å²) >= 11 is 9.28. The van der Waals surface area contributed by atoms with Gasteiger partial charge in [0.2, 0.25) is 5.91 Å². The molecule has 0 fully saturated rings. The van der Waals surface area contributed by atoms with Gasteiger partial charge < -0.3 is 10.4 Å². The Balaban J connectivity index is 2.84. The first-order chi connectivity index (χ1) is 9.16. The van der Waals surface area contributed by atoms with Crippen molar-refractivity contribution in [1.29, 1.82) is 0 Å². The maximum atomic E-state index is 12.0. The Labute approximate surface area is 131 Å². The lowest BCUT2D eigenvalue weighted by atomic mass is 9.76. The molecule has 1 atom stereocenters. The van der Waals surface area contributed by atoms with Crippen LogP contribution in [0.1, 0.15) is 27.2 Å². The van der Waals surface area contributed by atoms with E-state index in [4.69, 9.17) is 11.6 Å². The number of hydrogen-bond acceptors (Lipinski definition) is 2. The number of carboxylic acids is 1. The van der Waals surface area contributed by atoms with E-state index in [1.807, 2.05) is 0 Å². The maximum Gasteiger partial charge on any atom is 0.310 e. The van der Waals surface area contributed by atoms with Crippen molar-refractivity contribution in [3.63, 3.8) is 0 Å². The largest absolute Gasteiger partial charge is 0.481 e. The number of aliphatic carboxylic acids is 1. The summed E-state index contributed by atoms with van der Waals surface area (Å²) in [4.78, 5) is 23.4. The van der Waals surface area contributed by atoms with Crippen molar-refractivity contribution in [1.82, 2.24) is 0 Å². The summed E-state index contributed by atoms with van der Waals surface area (Å²) < 4.78 is 0.804. The van der Waals surface area contributed by atoms with Gasteiger partial charge in [0.1, 0.15) is 0 Å². The van der Waals surface area contributed by atoms with Gasteiger partial charge in [-0.3, -0.25) is 9.59 Å². The fourth-order valence-corrected chi connectivity index (χ4v) is 2.37. The Kier molecular flexibility index (Phi) is 5.59. The zero-order valence-electron chi connectivity index (χ0n) is 11.5. The Hall–Kier alpha value is -1.07. The minimum Gasteiger partial charge on any atom is -0.481 e. The smallest absolute Gasteiger partial charge is 0.310 e. The quantitative estimate of drug-likeness (QED) is 0.826. The molecular formula is C14H17BrClNO3. The summed E-state index contributed by atoms with van der Waals surface area (Å²) in [6.07, 6.45) is -0.105. The van der Waals surface area contributed by atoms with Crippen LogP contribution in [-0.4, -0.2) is 17.0 Å². The molecule has 1 unspecified atom stereocenters. The number of anilines is 1. The lowest BCUT2D eigenvalue weighted by Crippen LogP contribution is -2.37. The van der Waals surface area contributed by atoms with Crippen LogP contribution in [-0.2, 0) is 9.59 Å². The first kappa shape index (κ1) is 17.0. The van der Waals surface area contributed by atoms with E-state index in [1.165, 1.54) is 0 Å². The molecule has 0 bridgehead atoms. The highest BCUT2D eigenvalue weighted by atomic mass is 79.9. The molecule has 1 aromatic carbocycles. The van der Waals surface area contributed by atoms with Gasteiger partial charge in [0.25, 0.3) is 0 Å². The molecule has 110 valence electrons. The summed E-state index contributed by atoms with van der Waals surface area (Å²) in [7, 11) is 0. The van der Waals surface area contributed by atoms with Gasteiger partial charge in [0.05, 0.1) is 16.1 Å². The minimum absolute atomic E-state index is 0.105. The molecule has 1 amide bonds. The first-order valence-corrected chi connectivity index (χ1v) is 7.32. The maximum absolute atomic E-state index is 12.0. The number of hydrogen-bond donors (Lipinski definition) is 2. The highest BCUT2D eigenvalue weighted by molar-refractivity contribution is 9.10. The molecule has 0 aromatic heterocycles. The molecule has 6 heteroatoms. The number of benzene rings is 1. The van der Waals surface area contributed by atoms with Crippen LogP contribution in [0.4, 0.5) is 5.69 Å². The molecule has 2 N–H and O–H groups in total. The van der Waals surface area contributed by atoms with Crippen molar-refractivity contribution >= 4 is 45.1 Å². The second-order valence-corrected chi connectivity index (χ2v) is 6.55. The average molecular weight is 363 g/mol. The SMILES string of the molecule is CC(C)C(C)(CC(=O)Nc1ccc(Br)cc1Cl)C(=O)O. The van der Waals surface area contributed by atoms with E-state index < -0.39 is 11.4 Å². The number of amides is 1. The van der Waals surface area contributed by atoms with Crippen molar-refractivity contribution in [2.45, 2.75) is 27.2 Å². The number of nitrogens with one attached hydrogen (secondary N) is 1. The van der Waals surface area contributed by atoms with Crippen LogP contribution < -0.4 is 5.32 Å². The molecular weight excluding hydrogens is 346 g/mol. The summed E-state index contributed by atoms with van der Waals surface area (Å²) in [5.41, 5.74) is -0.636. The highest BCUT2D eigenvalue weighted by Gasteiger charge is 2.38. The summed E-state index contributed by atoms with van der Waals surface area (Å²) in [5, 5.41) is 12.3. The molecule has 0 heterocycles. The molecule has 0 radical (unpaired) electrons. The van der Waals surface area contributed by atoms with Crippen molar-refractivity contribution in [3.8, 4) is 0 Å². The number of rotatable bonds is 5. The monoisotopic (exact) mass is 361 g/mol. The Bertz CT molecular complexity index is 533. The van der Waals surface area contributed by atoms with Gasteiger partial charge in [-0.25, -0.2) is 0 Å². The van der Waals surface area contributed by atoms with Gasteiger partial charge in [-0.1, -0.05) is 41.4 Å². The molecule has 0 spiro atoms. The van der Waals surface area contributed by atoms with Crippen molar-refractivity contribution in [2.75, 3.05) is 5.32 Å². The van der Waals surface area contributed by atoms with Crippen molar-refractivity contribution in [2.24, 2.45) is 11.3 Å². The molecule has 1 aromatic rings. The van der Waals surface area contributed by atoms with Crippen LogP contribution in [0.25, 0.3) is 0 Å². The third kappa shape index (κ3) is 3.96. The lowest BCUT2D eigenvalue weighted by molar-refractivity contribution is -0.153.